The van der Waals surface area contributed by atoms with Gasteiger partial charge in [-0.3, -0.25) is 9.59 Å². The molecule has 1 fully saturated rings. The standard InChI is InChI=1S/C28H29N5O4S/c1-3-36-28(35)20-11-13-33(14-12-20)25-21(9-10-22(30-25)23-15-18(2)17-38-23)26(34)29-16-24-31-32-27(37-24)19-7-5-4-6-8-19/h4-10,15,17,20H,3,11-14,16H2,1-2H3,(H,29,34). The van der Waals surface area contributed by atoms with Gasteiger partial charge in [0.05, 0.1) is 35.2 Å². The van der Waals surface area contributed by atoms with Gasteiger partial charge in [-0.2, -0.15) is 0 Å². The maximum atomic E-state index is 13.3. The van der Waals surface area contributed by atoms with Crippen LogP contribution in [0.25, 0.3) is 22.0 Å². The van der Waals surface area contributed by atoms with E-state index >= 15 is 0 Å². The highest BCUT2D eigenvalue weighted by atomic mass is 32.1. The molecular formula is C28H29N5O4S. The molecule has 0 bridgehead atoms. The molecule has 1 aliphatic rings. The van der Waals surface area contributed by atoms with Crippen LogP contribution in [0.2, 0.25) is 0 Å². The molecule has 10 heteroatoms. The lowest BCUT2D eigenvalue weighted by atomic mass is 9.96. The number of amides is 1. The number of thiophene rings is 1. The molecule has 1 N–H and O–H groups in total. The number of rotatable bonds is 8. The van der Waals surface area contributed by atoms with Crippen molar-refractivity contribution in [2.24, 2.45) is 5.92 Å². The summed E-state index contributed by atoms with van der Waals surface area (Å²) in [4.78, 5) is 33.6. The van der Waals surface area contributed by atoms with Gasteiger partial charge in [0.2, 0.25) is 11.8 Å². The van der Waals surface area contributed by atoms with E-state index in [1.54, 1.807) is 11.3 Å². The van der Waals surface area contributed by atoms with Crippen LogP contribution in [0.15, 0.2) is 58.3 Å². The highest BCUT2D eigenvalue weighted by Crippen LogP contribution is 2.31. The molecule has 0 radical (unpaired) electrons. The predicted molar refractivity (Wildman–Crippen MR) is 145 cm³/mol. The van der Waals surface area contributed by atoms with Crippen LogP contribution in [0.5, 0.6) is 0 Å². The molecule has 0 aliphatic carbocycles. The Morgan fingerprint density at radius 1 is 1.13 bits per heavy atom. The number of hydrogen-bond donors (Lipinski definition) is 1. The van der Waals surface area contributed by atoms with Crippen molar-refractivity contribution in [2.45, 2.75) is 33.2 Å². The summed E-state index contributed by atoms with van der Waals surface area (Å²) in [6, 6.07) is 15.2. The third-order valence-electron chi connectivity index (χ3n) is 6.40. The molecule has 0 spiro atoms. The van der Waals surface area contributed by atoms with Crippen LogP contribution in [-0.2, 0) is 16.1 Å². The fourth-order valence-corrected chi connectivity index (χ4v) is 5.30. The number of carbonyl (C=O) groups is 2. The first-order chi connectivity index (χ1) is 18.5. The van der Waals surface area contributed by atoms with Crippen molar-refractivity contribution < 1.29 is 18.7 Å². The van der Waals surface area contributed by atoms with Crippen molar-refractivity contribution in [3.8, 4) is 22.0 Å². The topological polar surface area (TPSA) is 110 Å². The monoisotopic (exact) mass is 531 g/mol. The van der Waals surface area contributed by atoms with Crippen LogP contribution >= 0.6 is 11.3 Å². The minimum absolute atomic E-state index is 0.0922. The van der Waals surface area contributed by atoms with Crippen LogP contribution in [-0.4, -0.2) is 46.8 Å². The first-order valence-corrected chi connectivity index (χ1v) is 13.5. The molecule has 1 amide bonds. The summed E-state index contributed by atoms with van der Waals surface area (Å²) in [5.74, 6) is 0.737. The predicted octanol–water partition coefficient (Wildman–Crippen LogP) is 4.88. The van der Waals surface area contributed by atoms with Gasteiger partial charge in [-0.05, 0) is 68.0 Å². The molecule has 1 aliphatic heterocycles. The minimum Gasteiger partial charge on any atom is -0.466 e. The summed E-state index contributed by atoms with van der Waals surface area (Å²) in [5, 5.41) is 13.1. The van der Waals surface area contributed by atoms with E-state index in [0.717, 1.165) is 16.1 Å². The van der Waals surface area contributed by atoms with Crippen LogP contribution in [0.3, 0.4) is 0 Å². The first kappa shape index (κ1) is 25.6. The molecule has 5 rings (SSSR count). The molecule has 38 heavy (non-hydrogen) atoms. The number of nitrogens with one attached hydrogen (secondary N) is 1. The van der Waals surface area contributed by atoms with Gasteiger partial charge in [0, 0.05) is 18.7 Å². The number of pyridine rings is 1. The van der Waals surface area contributed by atoms with Gasteiger partial charge >= 0.3 is 5.97 Å². The van der Waals surface area contributed by atoms with Crippen molar-refractivity contribution in [1.29, 1.82) is 0 Å². The van der Waals surface area contributed by atoms with Gasteiger partial charge in [-0.25, -0.2) is 4.98 Å². The summed E-state index contributed by atoms with van der Waals surface area (Å²) < 4.78 is 10.9. The van der Waals surface area contributed by atoms with Crippen molar-refractivity contribution >= 4 is 29.0 Å². The van der Waals surface area contributed by atoms with Gasteiger partial charge in [0.1, 0.15) is 5.82 Å². The first-order valence-electron chi connectivity index (χ1n) is 12.7. The van der Waals surface area contributed by atoms with Gasteiger partial charge in [-0.1, -0.05) is 18.2 Å². The van der Waals surface area contributed by atoms with E-state index in [0.29, 0.717) is 55.7 Å². The van der Waals surface area contributed by atoms with Gasteiger partial charge < -0.3 is 19.4 Å². The smallest absolute Gasteiger partial charge is 0.309 e. The molecule has 0 unspecified atom stereocenters. The van der Waals surface area contributed by atoms with Gasteiger partial charge in [0.15, 0.2) is 0 Å². The lowest BCUT2D eigenvalue weighted by Crippen LogP contribution is -2.39. The maximum Gasteiger partial charge on any atom is 0.309 e. The van der Waals surface area contributed by atoms with Crippen molar-refractivity contribution in [3.05, 3.63) is 70.9 Å². The normalized spacial score (nSPS) is 13.9. The lowest BCUT2D eigenvalue weighted by Gasteiger charge is -2.32. The number of aromatic nitrogens is 3. The number of carbonyl (C=O) groups excluding carboxylic acids is 2. The second kappa shape index (κ2) is 11.6. The molecular weight excluding hydrogens is 502 g/mol. The van der Waals surface area contributed by atoms with Crippen molar-refractivity contribution in [3.63, 3.8) is 0 Å². The van der Waals surface area contributed by atoms with E-state index in [4.69, 9.17) is 14.1 Å². The van der Waals surface area contributed by atoms with E-state index in [1.165, 1.54) is 5.56 Å². The number of piperidine rings is 1. The van der Waals surface area contributed by atoms with Crippen LogP contribution < -0.4 is 10.2 Å². The molecule has 0 saturated carbocycles. The highest BCUT2D eigenvalue weighted by molar-refractivity contribution is 7.13. The SMILES string of the molecule is CCOC(=O)C1CCN(c2nc(-c3cc(C)cs3)ccc2C(=O)NCc2nnc(-c3ccccc3)o2)CC1. The van der Waals surface area contributed by atoms with E-state index in [-0.39, 0.29) is 24.3 Å². The summed E-state index contributed by atoms with van der Waals surface area (Å²) in [6.07, 6.45) is 1.29. The summed E-state index contributed by atoms with van der Waals surface area (Å²) >= 11 is 1.62. The highest BCUT2D eigenvalue weighted by Gasteiger charge is 2.29. The van der Waals surface area contributed by atoms with E-state index < -0.39 is 0 Å². The summed E-state index contributed by atoms with van der Waals surface area (Å²) in [7, 11) is 0. The Bertz CT molecular complexity index is 1410. The molecule has 196 valence electrons. The Morgan fingerprint density at radius 2 is 1.92 bits per heavy atom. The Kier molecular flexibility index (Phi) is 7.78. The number of ether oxygens (including phenoxy) is 1. The number of hydrogen-bond acceptors (Lipinski definition) is 9. The number of esters is 1. The van der Waals surface area contributed by atoms with Crippen LogP contribution in [0, 0.1) is 12.8 Å². The fraction of sp³-hybridized carbons (Fsp3) is 0.321. The van der Waals surface area contributed by atoms with Crippen LogP contribution in [0.4, 0.5) is 5.82 Å². The molecule has 0 atom stereocenters. The molecule has 9 nitrogen and oxygen atoms in total. The average molecular weight is 532 g/mol. The molecule has 1 aromatic carbocycles. The lowest BCUT2D eigenvalue weighted by molar-refractivity contribution is -0.148. The molecule has 1 saturated heterocycles. The van der Waals surface area contributed by atoms with Crippen LogP contribution in [0.1, 0.15) is 41.6 Å². The van der Waals surface area contributed by atoms with E-state index in [1.807, 2.05) is 56.3 Å². The number of aryl methyl sites for hydroxylation is 1. The molecule has 3 aromatic heterocycles. The second-order valence-corrected chi connectivity index (χ2v) is 10.0. The number of benzene rings is 1. The zero-order valence-corrected chi connectivity index (χ0v) is 22.2. The maximum absolute atomic E-state index is 13.3. The van der Waals surface area contributed by atoms with Gasteiger partial charge in [0.25, 0.3) is 5.91 Å². The summed E-state index contributed by atoms with van der Waals surface area (Å²) in [5.41, 5.74) is 3.25. The summed E-state index contributed by atoms with van der Waals surface area (Å²) in [6.45, 7) is 5.54. The van der Waals surface area contributed by atoms with Crippen molar-refractivity contribution in [2.75, 3.05) is 24.6 Å². The zero-order valence-electron chi connectivity index (χ0n) is 21.3. The largest absolute Gasteiger partial charge is 0.466 e. The average Bonchev–Trinajstić information content (AvgIpc) is 3.61. The fourth-order valence-electron chi connectivity index (χ4n) is 4.43. The Hall–Kier alpha value is -4.05. The number of anilines is 1. The molecule has 4 heterocycles. The Morgan fingerprint density at radius 3 is 2.63 bits per heavy atom. The van der Waals surface area contributed by atoms with Gasteiger partial charge in [-0.15, -0.1) is 21.5 Å². The Balaban J connectivity index is 1.34. The second-order valence-electron chi connectivity index (χ2n) is 9.12. The number of nitrogens with zero attached hydrogens (tertiary/aromatic N) is 4. The third kappa shape index (κ3) is 5.75. The van der Waals surface area contributed by atoms with E-state index in [2.05, 4.69) is 31.9 Å². The quantitative estimate of drug-likeness (QED) is 0.321. The van der Waals surface area contributed by atoms with Crippen molar-refractivity contribution in [1.82, 2.24) is 20.5 Å². The zero-order chi connectivity index (χ0) is 26.5. The Labute approximate surface area is 224 Å². The third-order valence-corrected chi connectivity index (χ3v) is 7.48. The molecule has 4 aromatic rings. The van der Waals surface area contributed by atoms with E-state index in [9.17, 15) is 9.59 Å². The minimum atomic E-state index is -0.284.